The van der Waals surface area contributed by atoms with Crippen LogP contribution in [0.15, 0.2) is 17.1 Å². The van der Waals surface area contributed by atoms with Gasteiger partial charge < -0.3 is 19.9 Å². The Kier molecular flexibility index (Phi) is 6.26. The number of rotatable bonds is 5. The van der Waals surface area contributed by atoms with E-state index in [0.29, 0.717) is 19.7 Å². The third kappa shape index (κ3) is 4.82. The van der Waals surface area contributed by atoms with Crippen LogP contribution >= 0.6 is 0 Å². The van der Waals surface area contributed by atoms with Crippen LogP contribution in [-0.4, -0.2) is 73.1 Å². The predicted octanol–water partition coefficient (Wildman–Crippen LogP) is -0.166. The molecule has 2 aliphatic rings. The maximum Gasteiger partial charge on any atom is 0.268 e. The molecule has 2 aliphatic heterocycles. The summed E-state index contributed by atoms with van der Waals surface area (Å²) in [4.78, 5) is 28.4. The number of carbonyl (C=O) groups excluding carboxylic acids is 1. The van der Waals surface area contributed by atoms with E-state index >= 15 is 0 Å². The highest BCUT2D eigenvalue weighted by Gasteiger charge is 2.24. The number of likely N-dealkylation sites (tertiary alicyclic amines) is 1. The SMILES string of the molecule is CN1CCC(C(=O)NCC[C@@H]2CN(c3cnn(C)c(=O)c3)CCO2)CC1. The van der Waals surface area contributed by atoms with Crippen LogP contribution in [0, 0.1) is 5.92 Å². The average molecular weight is 363 g/mol. The van der Waals surface area contributed by atoms with Gasteiger partial charge >= 0.3 is 0 Å². The molecule has 8 heteroatoms. The number of nitrogens with one attached hydrogen (secondary N) is 1. The van der Waals surface area contributed by atoms with E-state index in [2.05, 4.69) is 27.3 Å². The van der Waals surface area contributed by atoms with Crippen LogP contribution in [0.2, 0.25) is 0 Å². The van der Waals surface area contributed by atoms with Crippen molar-refractivity contribution in [2.45, 2.75) is 25.4 Å². The molecule has 0 radical (unpaired) electrons. The molecule has 144 valence electrons. The first kappa shape index (κ1) is 18.8. The second-order valence-corrected chi connectivity index (χ2v) is 7.27. The van der Waals surface area contributed by atoms with E-state index in [9.17, 15) is 9.59 Å². The number of piperidine rings is 1. The zero-order chi connectivity index (χ0) is 18.5. The molecule has 3 heterocycles. The quantitative estimate of drug-likeness (QED) is 0.783. The third-order valence-electron chi connectivity index (χ3n) is 5.31. The lowest BCUT2D eigenvalue weighted by Crippen LogP contribution is -2.45. The Labute approximate surface area is 154 Å². The maximum absolute atomic E-state index is 12.3. The molecule has 1 aromatic rings. The molecule has 0 aromatic carbocycles. The fraction of sp³-hybridized carbons (Fsp3) is 0.722. The fourth-order valence-corrected chi connectivity index (χ4v) is 3.53. The Bertz CT molecular complexity index is 669. The van der Waals surface area contributed by atoms with Gasteiger partial charge in [-0.05, 0) is 39.4 Å². The Morgan fingerprint density at radius 3 is 2.81 bits per heavy atom. The number of hydrogen-bond acceptors (Lipinski definition) is 6. The summed E-state index contributed by atoms with van der Waals surface area (Å²) in [5, 5.41) is 7.15. The van der Waals surface area contributed by atoms with Crippen molar-refractivity contribution in [1.82, 2.24) is 20.0 Å². The van der Waals surface area contributed by atoms with Crippen molar-refractivity contribution in [3.8, 4) is 0 Å². The van der Waals surface area contributed by atoms with Gasteiger partial charge in [-0.3, -0.25) is 9.59 Å². The van der Waals surface area contributed by atoms with Gasteiger partial charge in [-0.2, -0.15) is 5.10 Å². The Morgan fingerprint density at radius 1 is 1.31 bits per heavy atom. The van der Waals surface area contributed by atoms with Crippen molar-refractivity contribution in [2.24, 2.45) is 13.0 Å². The van der Waals surface area contributed by atoms with E-state index in [1.54, 1.807) is 19.3 Å². The van der Waals surface area contributed by atoms with Crippen molar-refractivity contribution in [1.29, 1.82) is 0 Å². The lowest BCUT2D eigenvalue weighted by atomic mass is 9.96. The lowest BCUT2D eigenvalue weighted by Gasteiger charge is -2.34. The second kappa shape index (κ2) is 8.64. The standard InChI is InChI=1S/C18H29N5O3/c1-21-7-4-14(5-8-21)18(25)19-6-3-16-13-23(9-10-26-16)15-11-17(24)22(2)20-12-15/h11-12,14,16H,3-10,13H2,1-2H3,(H,19,25)/t16-/m1/s1. The summed E-state index contributed by atoms with van der Waals surface area (Å²) in [5.74, 6) is 0.308. The van der Waals surface area contributed by atoms with Gasteiger partial charge in [-0.25, -0.2) is 4.68 Å². The molecule has 1 atom stereocenters. The second-order valence-electron chi connectivity index (χ2n) is 7.27. The number of morpholine rings is 1. The number of aromatic nitrogens is 2. The predicted molar refractivity (Wildman–Crippen MR) is 99.3 cm³/mol. The molecule has 0 bridgehead atoms. The number of amides is 1. The minimum Gasteiger partial charge on any atom is -0.374 e. The number of anilines is 1. The highest BCUT2D eigenvalue weighted by Crippen LogP contribution is 2.17. The molecule has 8 nitrogen and oxygen atoms in total. The van der Waals surface area contributed by atoms with Gasteiger partial charge in [-0.1, -0.05) is 0 Å². The van der Waals surface area contributed by atoms with Gasteiger partial charge in [0.1, 0.15) is 0 Å². The van der Waals surface area contributed by atoms with Crippen molar-refractivity contribution in [3.05, 3.63) is 22.6 Å². The number of aryl methyl sites for hydroxylation is 1. The highest BCUT2D eigenvalue weighted by atomic mass is 16.5. The molecule has 0 aliphatic carbocycles. The van der Waals surface area contributed by atoms with Crippen LogP contribution in [0.4, 0.5) is 5.69 Å². The van der Waals surface area contributed by atoms with Crippen LogP contribution in [0.1, 0.15) is 19.3 Å². The molecule has 2 fully saturated rings. The average Bonchev–Trinajstić information content (AvgIpc) is 2.65. The van der Waals surface area contributed by atoms with Crippen LogP contribution in [0.3, 0.4) is 0 Å². The maximum atomic E-state index is 12.3. The summed E-state index contributed by atoms with van der Waals surface area (Å²) in [6.45, 7) is 4.67. The first-order valence-corrected chi connectivity index (χ1v) is 9.39. The van der Waals surface area contributed by atoms with E-state index < -0.39 is 0 Å². The van der Waals surface area contributed by atoms with Gasteiger partial charge in [0.2, 0.25) is 5.91 Å². The Balaban J connectivity index is 1.44. The first-order valence-electron chi connectivity index (χ1n) is 9.39. The molecule has 0 spiro atoms. The van der Waals surface area contributed by atoms with E-state index in [4.69, 9.17) is 4.74 Å². The van der Waals surface area contributed by atoms with Crippen LogP contribution in [-0.2, 0) is 16.6 Å². The van der Waals surface area contributed by atoms with Crippen molar-refractivity contribution >= 4 is 11.6 Å². The van der Waals surface area contributed by atoms with E-state index in [1.165, 1.54) is 4.68 Å². The summed E-state index contributed by atoms with van der Waals surface area (Å²) in [6.07, 6.45) is 4.40. The van der Waals surface area contributed by atoms with E-state index in [0.717, 1.165) is 44.6 Å². The van der Waals surface area contributed by atoms with Crippen LogP contribution in [0.5, 0.6) is 0 Å². The number of carbonyl (C=O) groups is 1. The molecular formula is C18H29N5O3. The molecule has 0 saturated carbocycles. The minimum absolute atomic E-state index is 0.0468. The summed E-state index contributed by atoms with van der Waals surface area (Å²) in [5.41, 5.74) is 0.715. The molecule has 3 rings (SSSR count). The number of nitrogens with zero attached hydrogens (tertiary/aromatic N) is 4. The molecule has 0 unspecified atom stereocenters. The van der Waals surface area contributed by atoms with Gasteiger partial charge in [-0.15, -0.1) is 0 Å². The van der Waals surface area contributed by atoms with Crippen molar-refractivity contribution < 1.29 is 9.53 Å². The molecule has 2 saturated heterocycles. The summed E-state index contributed by atoms with van der Waals surface area (Å²) >= 11 is 0. The molecule has 26 heavy (non-hydrogen) atoms. The minimum atomic E-state index is -0.115. The summed E-state index contributed by atoms with van der Waals surface area (Å²) in [6, 6.07) is 1.61. The van der Waals surface area contributed by atoms with Crippen molar-refractivity contribution in [2.75, 3.05) is 51.3 Å². The van der Waals surface area contributed by atoms with Gasteiger partial charge in [0.05, 0.1) is 24.6 Å². The lowest BCUT2D eigenvalue weighted by molar-refractivity contribution is -0.126. The van der Waals surface area contributed by atoms with Gasteiger partial charge in [0.25, 0.3) is 5.56 Å². The van der Waals surface area contributed by atoms with Gasteiger partial charge in [0.15, 0.2) is 0 Å². The molecule has 1 amide bonds. The summed E-state index contributed by atoms with van der Waals surface area (Å²) < 4.78 is 7.14. The first-order chi connectivity index (χ1) is 12.5. The normalized spacial score (nSPS) is 22.4. The number of hydrogen-bond donors (Lipinski definition) is 1. The highest BCUT2D eigenvalue weighted by molar-refractivity contribution is 5.78. The topological polar surface area (TPSA) is 79.7 Å². The molecular weight excluding hydrogens is 334 g/mol. The largest absolute Gasteiger partial charge is 0.374 e. The number of ether oxygens (including phenoxy) is 1. The Morgan fingerprint density at radius 2 is 2.08 bits per heavy atom. The van der Waals surface area contributed by atoms with Crippen molar-refractivity contribution in [3.63, 3.8) is 0 Å². The molecule has 1 aromatic heterocycles. The van der Waals surface area contributed by atoms with Crippen LogP contribution in [0.25, 0.3) is 0 Å². The zero-order valence-electron chi connectivity index (χ0n) is 15.7. The van der Waals surface area contributed by atoms with Crippen LogP contribution < -0.4 is 15.8 Å². The fourth-order valence-electron chi connectivity index (χ4n) is 3.53. The zero-order valence-corrected chi connectivity index (χ0v) is 15.7. The van der Waals surface area contributed by atoms with Gasteiger partial charge in [0, 0.05) is 38.7 Å². The van der Waals surface area contributed by atoms with E-state index in [1.807, 2.05) is 0 Å². The van der Waals surface area contributed by atoms with E-state index in [-0.39, 0.29) is 23.5 Å². The monoisotopic (exact) mass is 363 g/mol. The Hall–Kier alpha value is -1.93. The molecule has 1 N–H and O–H groups in total. The summed E-state index contributed by atoms with van der Waals surface area (Å²) in [7, 11) is 3.74. The third-order valence-corrected chi connectivity index (χ3v) is 5.31. The smallest absolute Gasteiger partial charge is 0.268 e.